The molecule has 0 bridgehead atoms. The summed E-state index contributed by atoms with van der Waals surface area (Å²) < 4.78 is 29.9. The molecule has 1 aromatic rings. The number of benzene rings is 1. The van der Waals surface area contributed by atoms with Gasteiger partial charge >= 0.3 is 5.97 Å². The SMILES string of the molecule is C[C@@H](OC(=O)c1ccc(CCNS(C)(=O)=O)cc1)C(=O)N(C)C1CCCCC1. The van der Waals surface area contributed by atoms with Crippen molar-refractivity contribution in [3.05, 3.63) is 35.4 Å². The number of nitrogens with one attached hydrogen (secondary N) is 1. The fourth-order valence-corrected chi connectivity index (χ4v) is 3.88. The van der Waals surface area contributed by atoms with Gasteiger partial charge in [-0.1, -0.05) is 31.4 Å². The number of hydrogen-bond acceptors (Lipinski definition) is 5. The summed E-state index contributed by atoms with van der Waals surface area (Å²) in [6.07, 6.45) is 6.26. The second kappa shape index (κ2) is 10.0. The zero-order valence-electron chi connectivity index (χ0n) is 16.8. The Morgan fingerprint density at radius 1 is 1.18 bits per heavy atom. The molecule has 1 aliphatic rings. The number of ether oxygens (including phenoxy) is 1. The Morgan fingerprint density at radius 3 is 2.36 bits per heavy atom. The highest BCUT2D eigenvalue weighted by Crippen LogP contribution is 2.22. The molecular weight excluding hydrogens is 380 g/mol. The van der Waals surface area contributed by atoms with E-state index in [2.05, 4.69) is 4.72 Å². The normalized spacial score (nSPS) is 16.4. The van der Waals surface area contributed by atoms with Crippen LogP contribution < -0.4 is 4.72 Å². The Labute approximate surface area is 167 Å². The molecule has 1 fully saturated rings. The lowest BCUT2D eigenvalue weighted by molar-refractivity contribution is -0.141. The summed E-state index contributed by atoms with van der Waals surface area (Å²) in [4.78, 5) is 26.6. The first-order valence-corrected chi connectivity index (χ1v) is 11.6. The number of esters is 1. The molecule has 1 atom stereocenters. The predicted octanol–water partition coefficient (Wildman–Crippen LogP) is 2.11. The summed E-state index contributed by atoms with van der Waals surface area (Å²) in [6.45, 7) is 1.90. The van der Waals surface area contributed by atoms with Crippen molar-refractivity contribution in [1.29, 1.82) is 0 Å². The monoisotopic (exact) mass is 410 g/mol. The van der Waals surface area contributed by atoms with Gasteiger partial charge in [-0.3, -0.25) is 4.79 Å². The highest BCUT2D eigenvalue weighted by Gasteiger charge is 2.27. The zero-order valence-corrected chi connectivity index (χ0v) is 17.6. The van der Waals surface area contributed by atoms with Crippen LogP contribution in [0.5, 0.6) is 0 Å². The third-order valence-corrected chi connectivity index (χ3v) is 5.80. The van der Waals surface area contributed by atoms with Crippen molar-refractivity contribution in [3.8, 4) is 0 Å². The molecule has 0 unspecified atom stereocenters. The molecular formula is C20H30N2O5S. The minimum absolute atomic E-state index is 0.177. The largest absolute Gasteiger partial charge is 0.449 e. The van der Waals surface area contributed by atoms with E-state index in [1.54, 1.807) is 43.1 Å². The van der Waals surface area contributed by atoms with Crippen LogP contribution in [-0.2, 0) is 26.0 Å². The molecule has 1 N–H and O–H groups in total. The summed E-state index contributed by atoms with van der Waals surface area (Å²) in [5.41, 5.74) is 1.26. The lowest BCUT2D eigenvalue weighted by Crippen LogP contribution is -2.44. The van der Waals surface area contributed by atoms with Gasteiger partial charge in [0.15, 0.2) is 6.10 Å². The predicted molar refractivity (Wildman–Crippen MR) is 108 cm³/mol. The lowest BCUT2D eigenvalue weighted by atomic mass is 9.94. The van der Waals surface area contributed by atoms with E-state index in [-0.39, 0.29) is 11.9 Å². The number of carbonyl (C=O) groups is 2. The fourth-order valence-electron chi connectivity index (χ4n) is 3.40. The van der Waals surface area contributed by atoms with Crippen LogP contribution in [0.4, 0.5) is 0 Å². The number of nitrogens with zero attached hydrogens (tertiary/aromatic N) is 1. The van der Waals surface area contributed by atoms with Gasteiger partial charge in [0.1, 0.15) is 0 Å². The van der Waals surface area contributed by atoms with Gasteiger partial charge in [-0.25, -0.2) is 17.9 Å². The van der Waals surface area contributed by atoms with E-state index in [4.69, 9.17) is 4.74 Å². The molecule has 1 saturated carbocycles. The number of likely N-dealkylation sites (N-methyl/N-ethyl adjacent to an activating group) is 1. The van der Waals surface area contributed by atoms with E-state index < -0.39 is 22.1 Å². The maximum absolute atomic E-state index is 12.6. The standard InChI is InChI=1S/C20H30N2O5S/c1-15(19(23)22(2)18-7-5-4-6-8-18)27-20(24)17-11-9-16(10-12-17)13-14-21-28(3,25)26/h9-12,15,18,21H,4-8,13-14H2,1-3H3/t15-/m1/s1. The number of rotatable bonds is 8. The Balaban J connectivity index is 1.86. The average Bonchev–Trinajstić information content (AvgIpc) is 2.67. The van der Waals surface area contributed by atoms with E-state index in [9.17, 15) is 18.0 Å². The van der Waals surface area contributed by atoms with Crippen LogP contribution in [0.2, 0.25) is 0 Å². The van der Waals surface area contributed by atoms with Crippen LogP contribution in [0, 0.1) is 0 Å². The van der Waals surface area contributed by atoms with Crippen molar-refractivity contribution in [2.45, 2.75) is 57.6 Å². The van der Waals surface area contributed by atoms with Gasteiger partial charge < -0.3 is 9.64 Å². The Morgan fingerprint density at radius 2 is 1.79 bits per heavy atom. The summed E-state index contributed by atoms with van der Waals surface area (Å²) >= 11 is 0. The van der Waals surface area contributed by atoms with Gasteiger partial charge in [-0.05, 0) is 43.9 Å². The zero-order chi connectivity index (χ0) is 20.7. The van der Waals surface area contributed by atoms with Crippen molar-refractivity contribution in [2.24, 2.45) is 0 Å². The third kappa shape index (κ3) is 6.91. The topological polar surface area (TPSA) is 92.8 Å². The highest BCUT2D eigenvalue weighted by atomic mass is 32.2. The molecule has 0 saturated heterocycles. The van der Waals surface area contributed by atoms with Crippen molar-refractivity contribution < 1.29 is 22.7 Å². The van der Waals surface area contributed by atoms with E-state index in [0.717, 1.165) is 37.5 Å². The summed E-state index contributed by atoms with van der Waals surface area (Å²) in [5.74, 6) is -0.720. The van der Waals surface area contributed by atoms with Crippen molar-refractivity contribution in [1.82, 2.24) is 9.62 Å². The number of sulfonamides is 1. The fraction of sp³-hybridized carbons (Fsp3) is 0.600. The maximum Gasteiger partial charge on any atom is 0.338 e. The molecule has 0 aromatic heterocycles. The van der Waals surface area contributed by atoms with Crippen LogP contribution in [0.1, 0.15) is 54.9 Å². The smallest absolute Gasteiger partial charge is 0.338 e. The summed E-state index contributed by atoms with van der Waals surface area (Å²) in [5, 5.41) is 0. The highest BCUT2D eigenvalue weighted by molar-refractivity contribution is 7.88. The minimum atomic E-state index is -3.21. The lowest BCUT2D eigenvalue weighted by Gasteiger charge is -2.32. The number of amides is 1. The van der Waals surface area contributed by atoms with Crippen LogP contribution in [0.25, 0.3) is 0 Å². The van der Waals surface area contributed by atoms with Gasteiger partial charge in [0.25, 0.3) is 5.91 Å². The molecule has 1 aromatic carbocycles. The molecule has 1 amide bonds. The van der Waals surface area contributed by atoms with Gasteiger partial charge in [0.2, 0.25) is 10.0 Å². The molecule has 0 spiro atoms. The van der Waals surface area contributed by atoms with E-state index in [1.807, 2.05) is 0 Å². The first kappa shape index (κ1) is 22.4. The quantitative estimate of drug-likeness (QED) is 0.663. The number of hydrogen-bond donors (Lipinski definition) is 1. The molecule has 0 heterocycles. The molecule has 1 aliphatic carbocycles. The van der Waals surface area contributed by atoms with Gasteiger partial charge in [0.05, 0.1) is 11.8 Å². The van der Waals surface area contributed by atoms with E-state index >= 15 is 0 Å². The van der Waals surface area contributed by atoms with Crippen molar-refractivity contribution in [2.75, 3.05) is 19.8 Å². The molecule has 2 rings (SSSR count). The Bertz CT molecular complexity index is 770. The first-order chi connectivity index (χ1) is 13.2. The Kier molecular flexibility index (Phi) is 8.00. The molecule has 7 nitrogen and oxygen atoms in total. The van der Waals surface area contributed by atoms with Crippen LogP contribution in [0.15, 0.2) is 24.3 Å². The molecule has 28 heavy (non-hydrogen) atoms. The van der Waals surface area contributed by atoms with Gasteiger partial charge in [0, 0.05) is 19.6 Å². The van der Waals surface area contributed by atoms with Gasteiger partial charge in [-0.2, -0.15) is 0 Å². The first-order valence-electron chi connectivity index (χ1n) is 9.68. The third-order valence-electron chi connectivity index (χ3n) is 5.07. The molecule has 0 radical (unpaired) electrons. The van der Waals surface area contributed by atoms with Crippen molar-refractivity contribution >= 4 is 21.9 Å². The average molecular weight is 411 g/mol. The van der Waals surface area contributed by atoms with Crippen LogP contribution >= 0.6 is 0 Å². The summed E-state index contributed by atoms with van der Waals surface area (Å²) in [6, 6.07) is 6.98. The minimum Gasteiger partial charge on any atom is -0.449 e. The van der Waals surface area contributed by atoms with Crippen LogP contribution in [-0.4, -0.2) is 57.2 Å². The maximum atomic E-state index is 12.6. The second-order valence-corrected chi connectivity index (χ2v) is 9.23. The van der Waals surface area contributed by atoms with Gasteiger partial charge in [-0.15, -0.1) is 0 Å². The van der Waals surface area contributed by atoms with E-state index in [0.29, 0.717) is 18.5 Å². The summed E-state index contributed by atoms with van der Waals surface area (Å²) in [7, 11) is -1.43. The number of carbonyl (C=O) groups excluding carboxylic acids is 2. The Hall–Kier alpha value is -1.93. The van der Waals surface area contributed by atoms with Crippen LogP contribution in [0.3, 0.4) is 0 Å². The van der Waals surface area contributed by atoms with E-state index in [1.165, 1.54) is 6.42 Å². The second-order valence-electron chi connectivity index (χ2n) is 7.40. The van der Waals surface area contributed by atoms with Crippen molar-refractivity contribution in [3.63, 3.8) is 0 Å². The molecule has 0 aliphatic heterocycles. The molecule has 156 valence electrons. The molecule has 8 heteroatoms.